The molecule has 2 aromatic rings. The largest absolute Gasteiger partial charge is 0.383 e. The molecular formula is C16H18N2O. The van der Waals surface area contributed by atoms with Crippen LogP contribution in [0.25, 0.3) is 0 Å². The van der Waals surface area contributed by atoms with Crippen LogP contribution in [0.15, 0.2) is 42.6 Å². The Kier molecular flexibility index (Phi) is 3.38. The predicted octanol–water partition coefficient (Wildman–Crippen LogP) is 3.13. The number of nitrogens with two attached hydrogens (primary N) is 1. The molecule has 1 aromatic carbocycles. The second-order valence-corrected chi connectivity index (χ2v) is 5.21. The van der Waals surface area contributed by atoms with Crippen LogP contribution in [0.4, 0.5) is 5.82 Å². The van der Waals surface area contributed by atoms with Gasteiger partial charge < -0.3 is 5.73 Å². The highest BCUT2D eigenvalue weighted by Gasteiger charge is 2.32. The van der Waals surface area contributed by atoms with E-state index in [1.807, 2.05) is 57.2 Å². The molecule has 98 valence electrons. The molecule has 0 unspecified atom stereocenters. The van der Waals surface area contributed by atoms with Gasteiger partial charge in [-0.05, 0) is 38.0 Å². The third-order valence-electron chi connectivity index (χ3n) is 3.48. The van der Waals surface area contributed by atoms with Crippen molar-refractivity contribution in [3.05, 3.63) is 59.3 Å². The maximum atomic E-state index is 12.8. The number of hydrogen-bond acceptors (Lipinski definition) is 3. The van der Waals surface area contributed by atoms with Crippen LogP contribution in [0.2, 0.25) is 0 Å². The average molecular weight is 254 g/mol. The second kappa shape index (κ2) is 4.84. The molecule has 2 N–H and O–H groups in total. The number of rotatable bonds is 3. The fraction of sp³-hybridized carbons (Fsp3) is 0.250. The molecule has 0 radical (unpaired) electrons. The number of ketones is 1. The third-order valence-corrected chi connectivity index (χ3v) is 3.48. The predicted molar refractivity (Wildman–Crippen MR) is 77.2 cm³/mol. The number of anilines is 1. The summed E-state index contributed by atoms with van der Waals surface area (Å²) in [6, 6.07) is 11.5. The molecule has 0 aliphatic carbocycles. The van der Waals surface area contributed by atoms with Gasteiger partial charge in [0.1, 0.15) is 5.82 Å². The van der Waals surface area contributed by atoms with Crippen LogP contribution in [-0.2, 0) is 5.41 Å². The summed E-state index contributed by atoms with van der Waals surface area (Å²) in [5.74, 6) is 0.302. The van der Waals surface area contributed by atoms with E-state index in [-0.39, 0.29) is 5.78 Å². The molecule has 0 aliphatic heterocycles. The minimum atomic E-state index is -0.622. The molecular weight excluding hydrogens is 236 g/mol. The van der Waals surface area contributed by atoms with Gasteiger partial charge in [0.15, 0.2) is 5.78 Å². The SMILES string of the molecule is Cc1ccnc(N)c1C(=O)C(C)(C)c1ccccc1. The molecule has 0 aliphatic rings. The Hall–Kier alpha value is -2.16. The van der Waals surface area contributed by atoms with Crippen LogP contribution in [0.3, 0.4) is 0 Å². The van der Waals surface area contributed by atoms with Gasteiger partial charge in [-0.3, -0.25) is 4.79 Å². The second-order valence-electron chi connectivity index (χ2n) is 5.21. The number of pyridine rings is 1. The Labute approximate surface area is 113 Å². The van der Waals surface area contributed by atoms with E-state index in [4.69, 9.17) is 5.73 Å². The van der Waals surface area contributed by atoms with Crippen LogP contribution in [-0.4, -0.2) is 10.8 Å². The van der Waals surface area contributed by atoms with Gasteiger partial charge in [-0.15, -0.1) is 0 Å². The van der Waals surface area contributed by atoms with Crippen molar-refractivity contribution in [3.63, 3.8) is 0 Å². The minimum Gasteiger partial charge on any atom is -0.383 e. The van der Waals surface area contributed by atoms with E-state index in [1.54, 1.807) is 6.20 Å². The molecule has 0 saturated heterocycles. The number of aryl methyl sites for hydroxylation is 1. The van der Waals surface area contributed by atoms with Crippen molar-refractivity contribution in [1.29, 1.82) is 0 Å². The van der Waals surface area contributed by atoms with Gasteiger partial charge in [0, 0.05) is 6.20 Å². The summed E-state index contributed by atoms with van der Waals surface area (Å²) in [5, 5.41) is 0. The Balaban J connectivity index is 2.50. The van der Waals surface area contributed by atoms with Crippen LogP contribution >= 0.6 is 0 Å². The van der Waals surface area contributed by atoms with Crippen molar-refractivity contribution < 1.29 is 4.79 Å². The maximum absolute atomic E-state index is 12.8. The Morgan fingerprint density at radius 1 is 1.16 bits per heavy atom. The van der Waals surface area contributed by atoms with Gasteiger partial charge in [0.2, 0.25) is 0 Å². The molecule has 0 spiro atoms. The average Bonchev–Trinajstić information content (AvgIpc) is 2.39. The lowest BCUT2D eigenvalue weighted by molar-refractivity contribution is 0.0908. The Morgan fingerprint density at radius 3 is 2.37 bits per heavy atom. The minimum absolute atomic E-state index is 0.00167. The zero-order valence-corrected chi connectivity index (χ0v) is 11.5. The van der Waals surface area contributed by atoms with Crippen LogP contribution in [0.5, 0.6) is 0 Å². The highest BCUT2D eigenvalue weighted by Crippen LogP contribution is 2.30. The van der Waals surface area contributed by atoms with Crippen LogP contribution in [0, 0.1) is 6.92 Å². The summed E-state index contributed by atoms with van der Waals surface area (Å²) in [7, 11) is 0. The van der Waals surface area contributed by atoms with E-state index in [0.29, 0.717) is 11.4 Å². The van der Waals surface area contributed by atoms with E-state index in [0.717, 1.165) is 11.1 Å². The lowest BCUT2D eigenvalue weighted by atomic mass is 9.77. The third kappa shape index (κ3) is 2.36. The van der Waals surface area contributed by atoms with Gasteiger partial charge in [0.25, 0.3) is 0 Å². The highest BCUT2D eigenvalue weighted by molar-refractivity contribution is 6.07. The van der Waals surface area contributed by atoms with Crippen molar-refractivity contribution in [2.24, 2.45) is 0 Å². The summed E-state index contributed by atoms with van der Waals surface area (Å²) in [6.45, 7) is 5.71. The molecule has 0 atom stereocenters. The quantitative estimate of drug-likeness (QED) is 0.856. The first-order chi connectivity index (χ1) is 8.94. The molecule has 0 bridgehead atoms. The number of carbonyl (C=O) groups is 1. The monoisotopic (exact) mass is 254 g/mol. The standard InChI is InChI=1S/C16H18N2O/c1-11-9-10-18-15(17)13(11)14(19)16(2,3)12-7-5-4-6-8-12/h4-10H,1-3H3,(H2,17,18). The number of benzene rings is 1. The highest BCUT2D eigenvalue weighted by atomic mass is 16.1. The summed E-state index contributed by atoms with van der Waals surface area (Å²) in [5.41, 5.74) is 7.60. The molecule has 3 heteroatoms. The van der Waals surface area contributed by atoms with Crippen LogP contribution in [0.1, 0.15) is 35.3 Å². The zero-order chi connectivity index (χ0) is 14.0. The van der Waals surface area contributed by atoms with Gasteiger partial charge in [-0.25, -0.2) is 4.98 Å². The lowest BCUT2D eigenvalue weighted by Crippen LogP contribution is -2.30. The molecule has 3 nitrogen and oxygen atoms in total. The van der Waals surface area contributed by atoms with Crippen molar-refractivity contribution in [2.45, 2.75) is 26.2 Å². The molecule has 1 heterocycles. The first-order valence-corrected chi connectivity index (χ1v) is 6.26. The molecule has 19 heavy (non-hydrogen) atoms. The van der Waals surface area contributed by atoms with E-state index in [2.05, 4.69) is 4.98 Å². The summed E-state index contributed by atoms with van der Waals surface area (Å²) < 4.78 is 0. The Bertz CT molecular complexity index is 583. The summed E-state index contributed by atoms with van der Waals surface area (Å²) >= 11 is 0. The van der Waals surface area contributed by atoms with Gasteiger partial charge in [-0.1, -0.05) is 30.3 Å². The molecule has 0 saturated carbocycles. The first-order valence-electron chi connectivity index (χ1n) is 6.26. The number of nitrogen functional groups attached to an aromatic ring is 1. The summed E-state index contributed by atoms with van der Waals surface area (Å²) in [6.07, 6.45) is 1.62. The van der Waals surface area contributed by atoms with Crippen molar-refractivity contribution in [3.8, 4) is 0 Å². The van der Waals surface area contributed by atoms with Crippen molar-refractivity contribution >= 4 is 11.6 Å². The number of nitrogens with zero attached hydrogens (tertiary/aromatic N) is 1. The molecule has 0 amide bonds. The van der Waals surface area contributed by atoms with E-state index >= 15 is 0 Å². The number of Topliss-reactive ketones (excluding diaryl/α,β-unsaturated/α-hetero) is 1. The fourth-order valence-electron chi connectivity index (χ4n) is 2.17. The fourth-order valence-corrected chi connectivity index (χ4v) is 2.17. The Morgan fingerprint density at radius 2 is 1.79 bits per heavy atom. The van der Waals surface area contributed by atoms with Crippen LogP contribution < -0.4 is 5.73 Å². The normalized spacial score (nSPS) is 11.3. The van der Waals surface area contributed by atoms with E-state index in [1.165, 1.54) is 0 Å². The van der Waals surface area contributed by atoms with Gasteiger partial charge in [-0.2, -0.15) is 0 Å². The van der Waals surface area contributed by atoms with Gasteiger partial charge >= 0.3 is 0 Å². The first kappa shape index (κ1) is 13.3. The molecule has 1 aromatic heterocycles. The molecule has 2 rings (SSSR count). The van der Waals surface area contributed by atoms with Crippen molar-refractivity contribution in [2.75, 3.05) is 5.73 Å². The van der Waals surface area contributed by atoms with E-state index < -0.39 is 5.41 Å². The number of carbonyl (C=O) groups excluding carboxylic acids is 1. The lowest BCUT2D eigenvalue weighted by Gasteiger charge is -2.25. The number of aromatic nitrogens is 1. The topological polar surface area (TPSA) is 56.0 Å². The molecule has 0 fully saturated rings. The smallest absolute Gasteiger partial charge is 0.176 e. The number of hydrogen-bond donors (Lipinski definition) is 1. The zero-order valence-electron chi connectivity index (χ0n) is 11.5. The van der Waals surface area contributed by atoms with Crippen molar-refractivity contribution in [1.82, 2.24) is 4.98 Å². The van der Waals surface area contributed by atoms with Gasteiger partial charge in [0.05, 0.1) is 11.0 Å². The maximum Gasteiger partial charge on any atom is 0.176 e. The summed E-state index contributed by atoms with van der Waals surface area (Å²) in [4.78, 5) is 16.8. The van der Waals surface area contributed by atoms with E-state index in [9.17, 15) is 4.79 Å².